The van der Waals surface area contributed by atoms with Crippen LogP contribution in [-0.2, 0) is 11.0 Å². The van der Waals surface area contributed by atoms with Crippen molar-refractivity contribution in [2.45, 2.75) is 13.1 Å². The number of amides is 1. The van der Waals surface area contributed by atoms with E-state index in [1.807, 2.05) is 19.1 Å². The molecule has 8 heteroatoms. The first kappa shape index (κ1) is 17.2. The number of ether oxygens (including phenoxy) is 1. The van der Waals surface area contributed by atoms with Crippen LogP contribution in [-0.4, -0.2) is 17.5 Å². The van der Waals surface area contributed by atoms with Crippen LogP contribution in [0, 0.1) is 6.92 Å². The maximum Gasteiger partial charge on any atom is 0.416 e. The maximum absolute atomic E-state index is 12.7. The van der Waals surface area contributed by atoms with E-state index in [0.29, 0.717) is 16.0 Å². The fourth-order valence-electron chi connectivity index (χ4n) is 2.16. The first-order valence-electron chi connectivity index (χ1n) is 7.28. The van der Waals surface area contributed by atoms with E-state index in [1.54, 1.807) is 12.1 Å². The zero-order valence-corrected chi connectivity index (χ0v) is 13.9. The number of anilines is 1. The number of hydrogen-bond donors (Lipinski definition) is 1. The Kier molecular flexibility index (Phi) is 4.63. The first-order valence-corrected chi connectivity index (χ1v) is 8.10. The lowest BCUT2D eigenvalue weighted by molar-refractivity contribution is -0.137. The molecule has 1 aromatic heterocycles. The van der Waals surface area contributed by atoms with E-state index < -0.39 is 17.6 Å². The van der Waals surface area contributed by atoms with Gasteiger partial charge < -0.3 is 4.74 Å². The van der Waals surface area contributed by atoms with Gasteiger partial charge in [0.2, 0.25) is 0 Å². The highest BCUT2D eigenvalue weighted by Crippen LogP contribution is 2.34. The number of benzene rings is 2. The fraction of sp³-hybridized carbons (Fsp3) is 0.176. The average Bonchev–Trinajstić information content (AvgIpc) is 2.93. The highest BCUT2D eigenvalue weighted by atomic mass is 32.1. The van der Waals surface area contributed by atoms with E-state index in [9.17, 15) is 18.0 Å². The molecule has 4 nitrogen and oxygen atoms in total. The molecular weight excluding hydrogens is 353 g/mol. The minimum Gasteiger partial charge on any atom is -0.484 e. The second-order valence-corrected chi connectivity index (χ2v) is 6.38. The number of rotatable bonds is 4. The highest BCUT2D eigenvalue weighted by Gasteiger charge is 2.30. The number of halogens is 3. The molecule has 1 N–H and O–H groups in total. The van der Waals surface area contributed by atoms with Gasteiger partial charge >= 0.3 is 6.18 Å². The standard InChI is InChI=1S/C17H13F3N2O2S/c1-10-3-2-4-12(7-10)24-9-15(23)22-16-21-13-6-5-11(17(18,19)20)8-14(13)25-16/h2-8H,9H2,1H3,(H,21,22,23). The Morgan fingerprint density at radius 3 is 2.76 bits per heavy atom. The van der Waals surface area contributed by atoms with Crippen LogP contribution in [0.3, 0.4) is 0 Å². The first-order chi connectivity index (χ1) is 11.8. The predicted molar refractivity (Wildman–Crippen MR) is 89.9 cm³/mol. The third kappa shape index (κ3) is 4.27. The van der Waals surface area contributed by atoms with Crippen molar-refractivity contribution >= 4 is 32.6 Å². The van der Waals surface area contributed by atoms with E-state index in [1.165, 1.54) is 6.07 Å². The number of aryl methyl sites for hydroxylation is 1. The van der Waals surface area contributed by atoms with E-state index >= 15 is 0 Å². The van der Waals surface area contributed by atoms with Gasteiger partial charge in [-0.1, -0.05) is 23.5 Å². The molecule has 1 heterocycles. The van der Waals surface area contributed by atoms with Gasteiger partial charge in [-0.2, -0.15) is 13.2 Å². The van der Waals surface area contributed by atoms with Crippen LogP contribution in [0.5, 0.6) is 5.75 Å². The van der Waals surface area contributed by atoms with Crippen LogP contribution in [0.25, 0.3) is 10.2 Å². The summed E-state index contributed by atoms with van der Waals surface area (Å²) in [7, 11) is 0. The summed E-state index contributed by atoms with van der Waals surface area (Å²) < 4.78 is 43.9. The van der Waals surface area contributed by atoms with Crippen molar-refractivity contribution in [1.29, 1.82) is 0 Å². The van der Waals surface area contributed by atoms with Gasteiger partial charge in [-0.15, -0.1) is 0 Å². The number of nitrogens with one attached hydrogen (secondary N) is 1. The van der Waals surface area contributed by atoms with E-state index in [4.69, 9.17) is 4.74 Å². The maximum atomic E-state index is 12.7. The van der Waals surface area contributed by atoms with Crippen molar-refractivity contribution in [2.75, 3.05) is 11.9 Å². The average molecular weight is 366 g/mol. The molecule has 3 rings (SSSR count). The van der Waals surface area contributed by atoms with Crippen LogP contribution in [0.1, 0.15) is 11.1 Å². The molecule has 0 saturated carbocycles. The summed E-state index contributed by atoms with van der Waals surface area (Å²) in [5.74, 6) is 0.130. The van der Waals surface area contributed by atoms with Crippen molar-refractivity contribution in [3.05, 3.63) is 53.6 Å². The largest absolute Gasteiger partial charge is 0.484 e. The number of thiazole rings is 1. The van der Waals surface area contributed by atoms with Gasteiger partial charge in [-0.3, -0.25) is 10.1 Å². The molecule has 0 aliphatic heterocycles. The Morgan fingerprint density at radius 2 is 2.04 bits per heavy atom. The van der Waals surface area contributed by atoms with Crippen molar-refractivity contribution < 1.29 is 22.7 Å². The number of hydrogen-bond acceptors (Lipinski definition) is 4. The van der Waals surface area contributed by atoms with Crippen LogP contribution in [0.4, 0.5) is 18.3 Å². The molecule has 130 valence electrons. The number of nitrogens with zero attached hydrogens (tertiary/aromatic N) is 1. The molecule has 0 saturated heterocycles. The summed E-state index contributed by atoms with van der Waals surface area (Å²) in [6.45, 7) is 1.69. The molecule has 0 atom stereocenters. The molecule has 0 fully saturated rings. The quantitative estimate of drug-likeness (QED) is 0.732. The van der Waals surface area contributed by atoms with Gasteiger partial charge in [-0.25, -0.2) is 4.98 Å². The summed E-state index contributed by atoms with van der Waals surface area (Å²) in [4.78, 5) is 16.0. The number of carbonyl (C=O) groups is 1. The molecule has 1 amide bonds. The number of fused-ring (bicyclic) bond motifs is 1. The monoisotopic (exact) mass is 366 g/mol. The second kappa shape index (κ2) is 6.72. The predicted octanol–water partition coefficient (Wildman–Crippen LogP) is 4.64. The Labute approximate surface area is 145 Å². The molecule has 2 aromatic carbocycles. The lowest BCUT2D eigenvalue weighted by atomic mass is 10.2. The van der Waals surface area contributed by atoms with Gasteiger partial charge in [0, 0.05) is 0 Å². The fourth-order valence-corrected chi connectivity index (χ4v) is 3.09. The van der Waals surface area contributed by atoms with Gasteiger partial charge in [0.1, 0.15) is 5.75 Å². The molecule has 0 aliphatic rings. The highest BCUT2D eigenvalue weighted by molar-refractivity contribution is 7.22. The zero-order chi connectivity index (χ0) is 18.0. The molecule has 0 aliphatic carbocycles. The molecule has 0 unspecified atom stereocenters. The second-order valence-electron chi connectivity index (χ2n) is 5.35. The van der Waals surface area contributed by atoms with Gasteiger partial charge in [0.15, 0.2) is 11.7 Å². The van der Waals surface area contributed by atoms with Crippen LogP contribution in [0.15, 0.2) is 42.5 Å². The third-order valence-electron chi connectivity index (χ3n) is 3.32. The van der Waals surface area contributed by atoms with Gasteiger partial charge in [-0.05, 0) is 42.8 Å². The van der Waals surface area contributed by atoms with Crippen LogP contribution in [0.2, 0.25) is 0 Å². The van der Waals surface area contributed by atoms with Crippen LogP contribution >= 0.6 is 11.3 Å². The van der Waals surface area contributed by atoms with Crippen molar-refractivity contribution in [3.63, 3.8) is 0 Å². The Balaban J connectivity index is 1.67. The molecule has 3 aromatic rings. The Morgan fingerprint density at radius 1 is 1.24 bits per heavy atom. The topological polar surface area (TPSA) is 51.2 Å². The lowest BCUT2D eigenvalue weighted by Gasteiger charge is -2.06. The normalized spacial score (nSPS) is 11.5. The summed E-state index contributed by atoms with van der Waals surface area (Å²) in [5.41, 5.74) is 0.654. The smallest absolute Gasteiger partial charge is 0.416 e. The minimum atomic E-state index is -4.41. The minimum absolute atomic E-state index is 0.215. The molecular formula is C17H13F3N2O2S. The summed E-state index contributed by atoms with van der Waals surface area (Å²) >= 11 is 0.981. The van der Waals surface area contributed by atoms with Crippen molar-refractivity contribution in [1.82, 2.24) is 4.98 Å². The lowest BCUT2D eigenvalue weighted by Crippen LogP contribution is -2.20. The molecule has 0 bridgehead atoms. The molecule has 0 spiro atoms. The van der Waals surface area contributed by atoms with E-state index in [2.05, 4.69) is 10.3 Å². The summed E-state index contributed by atoms with van der Waals surface area (Å²) in [6.07, 6.45) is -4.41. The van der Waals surface area contributed by atoms with Gasteiger partial charge in [0.25, 0.3) is 5.91 Å². The summed E-state index contributed by atoms with van der Waals surface area (Å²) in [6, 6.07) is 10.5. The molecule has 25 heavy (non-hydrogen) atoms. The Bertz CT molecular complexity index is 922. The molecule has 0 radical (unpaired) electrons. The van der Waals surface area contributed by atoms with E-state index in [0.717, 1.165) is 29.0 Å². The van der Waals surface area contributed by atoms with Crippen molar-refractivity contribution in [2.24, 2.45) is 0 Å². The van der Waals surface area contributed by atoms with Gasteiger partial charge in [0.05, 0.1) is 15.8 Å². The number of aromatic nitrogens is 1. The third-order valence-corrected chi connectivity index (χ3v) is 4.26. The number of alkyl halides is 3. The van der Waals surface area contributed by atoms with Crippen molar-refractivity contribution in [3.8, 4) is 5.75 Å². The zero-order valence-electron chi connectivity index (χ0n) is 13.1. The SMILES string of the molecule is Cc1cccc(OCC(=O)Nc2nc3ccc(C(F)(F)F)cc3s2)c1. The summed E-state index contributed by atoms with van der Waals surface area (Å²) in [5, 5.41) is 2.77. The van der Waals surface area contributed by atoms with E-state index in [-0.39, 0.29) is 11.7 Å². The number of carbonyl (C=O) groups excluding carboxylic acids is 1. The Hall–Kier alpha value is -2.61. The van der Waals surface area contributed by atoms with Crippen LogP contribution < -0.4 is 10.1 Å².